The van der Waals surface area contributed by atoms with Crippen LogP contribution in [0.5, 0.6) is 0 Å². The third-order valence-electron chi connectivity index (χ3n) is 3.47. The van der Waals surface area contributed by atoms with Crippen LogP contribution in [0.4, 0.5) is 0 Å². The third kappa shape index (κ3) is 3.61. The fourth-order valence-electron chi connectivity index (χ4n) is 2.28. The fraction of sp³-hybridized carbons (Fsp3) is 0.375. The summed E-state index contributed by atoms with van der Waals surface area (Å²) in [5.41, 5.74) is 1.78. The molecule has 0 aliphatic heterocycles. The standard InChI is InChI=1S/C16H19NO3S/c1-3-4-11(16(19)20)8-17-15(18)13-9-21-14-7-10(2)5-6-12(13)14/h5-7,9,11H,3-4,8H2,1-2H3,(H,17,18)(H,19,20). The highest BCUT2D eigenvalue weighted by Gasteiger charge is 2.19. The summed E-state index contributed by atoms with van der Waals surface area (Å²) in [6, 6.07) is 5.97. The molecule has 5 heteroatoms. The van der Waals surface area contributed by atoms with Crippen LogP contribution < -0.4 is 5.32 Å². The van der Waals surface area contributed by atoms with Crippen molar-refractivity contribution in [2.45, 2.75) is 26.7 Å². The summed E-state index contributed by atoms with van der Waals surface area (Å²) in [4.78, 5) is 23.3. The number of thiophene rings is 1. The molecule has 1 heterocycles. The van der Waals surface area contributed by atoms with Gasteiger partial charge in [0.2, 0.25) is 0 Å². The van der Waals surface area contributed by atoms with Crippen molar-refractivity contribution in [3.05, 3.63) is 34.7 Å². The molecule has 0 saturated heterocycles. The van der Waals surface area contributed by atoms with Gasteiger partial charge in [0, 0.05) is 22.0 Å². The highest BCUT2D eigenvalue weighted by molar-refractivity contribution is 7.17. The number of aryl methyl sites for hydroxylation is 1. The zero-order chi connectivity index (χ0) is 15.4. The van der Waals surface area contributed by atoms with Gasteiger partial charge in [0.15, 0.2) is 0 Å². The quantitative estimate of drug-likeness (QED) is 0.859. The molecule has 1 unspecified atom stereocenters. The normalized spacial score (nSPS) is 12.3. The lowest BCUT2D eigenvalue weighted by Gasteiger charge is -2.12. The Kier molecular flexibility index (Phi) is 4.96. The number of carboxylic acids is 1. The average Bonchev–Trinajstić information content (AvgIpc) is 2.85. The first-order valence-corrected chi connectivity index (χ1v) is 7.89. The number of nitrogens with one attached hydrogen (secondary N) is 1. The monoisotopic (exact) mass is 305 g/mol. The lowest BCUT2D eigenvalue weighted by molar-refractivity contribution is -0.141. The molecule has 1 atom stereocenters. The molecule has 2 rings (SSSR count). The van der Waals surface area contributed by atoms with Crippen LogP contribution in [0.15, 0.2) is 23.6 Å². The predicted molar refractivity (Wildman–Crippen MR) is 84.9 cm³/mol. The Morgan fingerprint density at radius 2 is 2.14 bits per heavy atom. The first-order chi connectivity index (χ1) is 10.0. The number of fused-ring (bicyclic) bond motifs is 1. The average molecular weight is 305 g/mol. The molecule has 0 radical (unpaired) electrons. The maximum absolute atomic E-state index is 12.2. The van der Waals surface area contributed by atoms with Gasteiger partial charge in [-0.15, -0.1) is 11.3 Å². The topological polar surface area (TPSA) is 66.4 Å². The molecule has 1 aromatic carbocycles. The molecule has 1 aromatic heterocycles. The van der Waals surface area contributed by atoms with Gasteiger partial charge in [0.25, 0.3) is 5.91 Å². The van der Waals surface area contributed by atoms with Crippen LogP contribution in [0.1, 0.15) is 35.7 Å². The minimum Gasteiger partial charge on any atom is -0.481 e. The predicted octanol–water partition coefficient (Wildman–Crippen LogP) is 3.44. The summed E-state index contributed by atoms with van der Waals surface area (Å²) >= 11 is 1.53. The van der Waals surface area contributed by atoms with E-state index in [2.05, 4.69) is 5.32 Å². The van der Waals surface area contributed by atoms with E-state index in [0.717, 1.165) is 22.1 Å². The van der Waals surface area contributed by atoms with Gasteiger partial charge < -0.3 is 10.4 Å². The van der Waals surface area contributed by atoms with Crippen molar-refractivity contribution in [2.24, 2.45) is 5.92 Å². The second-order valence-electron chi connectivity index (χ2n) is 5.18. The second kappa shape index (κ2) is 6.72. The zero-order valence-electron chi connectivity index (χ0n) is 12.2. The molecule has 0 saturated carbocycles. The van der Waals surface area contributed by atoms with E-state index in [0.29, 0.717) is 12.0 Å². The van der Waals surface area contributed by atoms with E-state index in [1.807, 2.05) is 37.4 Å². The molecule has 2 N–H and O–H groups in total. The number of carboxylic acid groups (broad SMARTS) is 1. The van der Waals surface area contributed by atoms with Gasteiger partial charge in [-0.05, 0) is 25.0 Å². The summed E-state index contributed by atoms with van der Waals surface area (Å²) in [7, 11) is 0. The summed E-state index contributed by atoms with van der Waals surface area (Å²) in [5.74, 6) is -1.58. The molecule has 2 aromatic rings. The number of amides is 1. The summed E-state index contributed by atoms with van der Waals surface area (Å²) < 4.78 is 1.07. The molecule has 0 bridgehead atoms. The Balaban J connectivity index is 2.10. The summed E-state index contributed by atoms with van der Waals surface area (Å²) in [5, 5.41) is 14.6. The van der Waals surface area contributed by atoms with E-state index in [4.69, 9.17) is 5.11 Å². The number of carbonyl (C=O) groups excluding carboxylic acids is 1. The van der Waals surface area contributed by atoms with Gasteiger partial charge in [-0.1, -0.05) is 25.5 Å². The lowest BCUT2D eigenvalue weighted by atomic mass is 10.0. The molecule has 1 amide bonds. The number of benzene rings is 1. The Labute approximate surface area is 127 Å². The third-order valence-corrected chi connectivity index (χ3v) is 4.42. The molecule has 4 nitrogen and oxygen atoms in total. The molecule has 0 aliphatic rings. The van der Waals surface area contributed by atoms with E-state index in [9.17, 15) is 9.59 Å². The van der Waals surface area contributed by atoms with E-state index in [1.54, 1.807) is 0 Å². The number of rotatable bonds is 6. The number of aliphatic carboxylic acids is 1. The smallest absolute Gasteiger partial charge is 0.308 e. The Bertz CT molecular complexity index is 663. The molecule has 21 heavy (non-hydrogen) atoms. The van der Waals surface area contributed by atoms with Crippen LogP contribution >= 0.6 is 11.3 Å². The van der Waals surface area contributed by atoms with Crippen LogP contribution in [-0.2, 0) is 4.79 Å². The molecule has 112 valence electrons. The van der Waals surface area contributed by atoms with Crippen molar-refractivity contribution in [3.63, 3.8) is 0 Å². The van der Waals surface area contributed by atoms with Crippen molar-refractivity contribution in [1.29, 1.82) is 0 Å². The Hall–Kier alpha value is -1.88. The van der Waals surface area contributed by atoms with Crippen molar-refractivity contribution >= 4 is 33.3 Å². The lowest BCUT2D eigenvalue weighted by Crippen LogP contribution is -2.32. The van der Waals surface area contributed by atoms with Gasteiger partial charge in [-0.2, -0.15) is 0 Å². The summed E-state index contributed by atoms with van der Waals surface area (Å²) in [6.07, 6.45) is 1.35. The second-order valence-corrected chi connectivity index (χ2v) is 6.09. The van der Waals surface area contributed by atoms with Gasteiger partial charge >= 0.3 is 5.97 Å². The van der Waals surface area contributed by atoms with Crippen molar-refractivity contribution < 1.29 is 14.7 Å². The summed E-state index contributed by atoms with van der Waals surface area (Å²) in [6.45, 7) is 4.12. The van der Waals surface area contributed by atoms with E-state index >= 15 is 0 Å². The van der Waals surface area contributed by atoms with Gasteiger partial charge in [-0.3, -0.25) is 9.59 Å². The fourth-order valence-corrected chi connectivity index (χ4v) is 3.32. The van der Waals surface area contributed by atoms with Crippen LogP contribution in [0, 0.1) is 12.8 Å². The van der Waals surface area contributed by atoms with E-state index < -0.39 is 11.9 Å². The maximum atomic E-state index is 12.2. The van der Waals surface area contributed by atoms with Crippen LogP contribution in [0.25, 0.3) is 10.1 Å². The minimum absolute atomic E-state index is 0.172. The number of carbonyl (C=O) groups is 2. The maximum Gasteiger partial charge on any atom is 0.308 e. The Morgan fingerprint density at radius 1 is 1.38 bits per heavy atom. The first-order valence-electron chi connectivity index (χ1n) is 7.01. The largest absolute Gasteiger partial charge is 0.481 e. The van der Waals surface area contributed by atoms with Crippen LogP contribution in [0.2, 0.25) is 0 Å². The zero-order valence-corrected chi connectivity index (χ0v) is 13.0. The van der Waals surface area contributed by atoms with Crippen molar-refractivity contribution in [1.82, 2.24) is 5.32 Å². The highest BCUT2D eigenvalue weighted by Crippen LogP contribution is 2.26. The van der Waals surface area contributed by atoms with Gasteiger partial charge in [0.1, 0.15) is 0 Å². The molecule has 0 aliphatic carbocycles. The van der Waals surface area contributed by atoms with E-state index in [1.165, 1.54) is 11.3 Å². The van der Waals surface area contributed by atoms with Gasteiger partial charge in [0.05, 0.1) is 11.5 Å². The highest BCUT2D eigenvalue weighted by atomic mass is 32.1. The molecule has 0 fully saturated rings. The molecular formula is C16H19NO3S. The Morgan fingerprint density at radius 3 is 2.81 bits per heavy atom. The van der Waals surface area contributed by atoms with Crippen LogP contribution in [-0.4, -0.2) is 23.5 Å². The van der Waals surface area contributed by atoms with Crippen molar-refractivity contribution in [3.8, 4) is 0 Å². The number of hydrogen-bond acceptors (Lipinski definition) is 3. The van der Waals surface area contributed by atoms with Crippen LogP contribution in [0.3, 0.4) is 0 Å². The first kappa shape index (κ1) is 15.5. The number of hydrogen-bond donors (Lipinski definition) is 2. The molecular weight excluding hydrogens is 286 g/mol. The van der Waals surface area contributed by atoms with E-state index in [-0.39, 0.29) is 12.5 Å². The van der Waals surface area contributed by atoms with Crippen molar-refractivity contribution in [2.75, 3.05) is 6.54 Å². The molecule has 0 spiro atoms. The minimum atomic E-state index is -0.858. The SMILES string of the molecule is CCCC(CNC(=O)c1csc2cc(C)ccc12)C(=O)O. The van der Waals surface area contributed by atoms with Gasteiger partial charge in [-0.25, -0.2) is 0 Å².